The zero-order valence-corrected chi connectivity index (χ0v) is 12.2. The van der Waals surface area contributed by atoms with Crippen molar-refractivity contribution < 1.29 is 4.39 Å². The van der Waals surface area contributed by atoms with Crippen molar-refractivity contribution in [2.45, 2.75) is 13.5 Å². The van der Waals surface area contributed by atoms with Gasteiger partial charge in [0.25, 0.3) is 0 Å². The van der Waals surface area contributed by atoms with Gasteiger partial charge in [0.1, 0.15) is 5.82 Å². The van der Waals surface area contributed by atoms with Gasteiger partial charge in [0.05, 0.1) is 5.02 Å². The second-order valence-corrected chi connectivity index (χ2v) is 5.24. The molecule has 0 amide bonds. The Labute approximate surface area is 122 Å². The van der Waals surface area contributed by atoms with Gasteiger partial charge in [-0.15, -0.1) is 0 Å². The standard InChI is InChI=1S/C15H14Cl2FN/c1-9-5-12(14(17)7-15(9)18)11-4-3-10(8-19-2)6-13(11)16/h3-7,19H,8H2,1-2H3. The number of benzene rings is 2. The SMILES string of the molecule is CNCc1ccc(-c2cc(C)c(F)cc2Cl)c(Cl)c1. The predicted molar refractivity (Wildman–Crippen MR) is 79.4 cm³/mol. The van der Waals surface area contributed by atoms with Crippen LogP contribution in [0.25, 0.3) is 11.1 Å². The number of hydrogen-bond acceptors (Lipinski definition) is 1. The van der Waals surface area contributed by atoms with Crippen molar-refractivity contribution in [3.8, 4) is 11.1 Å². The minimum Gasteiger partial charge on any atom is -0.316 e. The molecule has 0 fully saturated rings. The van der Waals surface area contributed by atoms with Crippen molar-refractivity contribution in [2.24, 2.45) is 0 Å². The summed E-state index contributed by atoms with van der Waals surface area (Å²) >= 11 is 12.4. The largest absolute Gasteiger partial charge is 0.316 e. The van der Waals surface area contributed by atoms with Crippen LogP contribution < -0.4 is 5.32 Å². The zero-order chi connectivity index (χ0) is 14.0. The van der Waals surface area contributed by atoms with Crippen molar-refractivity contribution in [3.63, 3.8) is 0 Å². The minimum atomic E-state index is -0.309. The molecule has 0 saturated carbocycles. The van der Waals surface area contributed by atoms with E-state index >= 15 is 0 Å². The third-order valence-corrected chi connectivity index (χ3v) is 3.58. The highest BCUT2D eigenvalue weighted by atomic mass is 35.5. The fourth-order valence-corrected chi connectivity index (χ4v) is 2.51. The molecule has 1 nitrogen and oxygen atoms in total. The Morgan fingerprint density at radius 3 is 2.37 bits per heavy atom. The van der Waals surface area contributed by atoms with Crippen LogP contribution in [-0.2, 0) is 6.54 Å². The number of halogens is 3. The molecule has 0 saturated heterocycles. The van der Waals surface area contributed by atoms with Gasteiger partial charge >= 0.3 is 0 Å². The maximum atomic E-state index is 13.4. The normalized spacial score (nSPS) is 10.8. The van der Waals surface area contributed by atoms with E-state index in [1.165, 1.54) is 6.07 Å². The molecule has 0 heterocycles. The summed E-state index contributed by atoms with van der Waals surface area (Å²) in [6, 6.07) is 8.82. The number of hydrogen-bond donors (Lipinski definition) is 1. The average molecular weight is 298 g/mol. The predicted octanol–water partition coefficient (Wildman–Crippen LogP) is 4.83. The smallest absolute Gasteiger partial charge is 0.127 e. The molecule has 4 heteroatoms. The van der Waals surface area contributed by atoms with Crippen LogP contribution in [0, 0.1) is 12.7 Å². The summed E-state index contributed by atoms with van der Waals surface area (Å²) in [7, 11) is 1.88. The number of aryl methyl sites for hydroxylation is 1. The molecule has 0 aromatic heterocycles. The van der Waals surface area contributed by atoms with Gasteiger partial charge in [0, 0.05) is 22.7 Å². The van der Waals surface area contributed by atoms with Crippen LogP contribution in [0.15, 0.2) is 30.3 Å². The monoisotopic (exact) mass is 297 g/mol. The maximum Gasteiger partial charge on any atom is 0.127 e. The fraction of sp³-hybridized carbons (Fsp3) is 0.200. The molecule has 0 spiro atoms. The maximum absolute atomic E-state index is 13.4. The molecule has 0 aliphatic carbocycles. The van der Waals surface area contributed by atoms with Gasteiger partial charge in [-0.25, -0.2) is 4.39 Å². The van der Waals surface area contributed by atoms with E-state index in [0.29, 0.717) is 15.6 Å². The van der Waals surface area contributed by atoms with Crippen LogP contribution >= 0.6 is 23.2 Å². The summed E-state index contributed by atoms with van der Waals surface area (Å²) in [5.74, 6) is -0.309. The topological polar surface area (TPSA) is 12.0 Å². The van der Waals surface area contributed by atoms with Gasteiger partial charge in [0.2, 0.25) is 0 Å². The van der Waals surface area contributed by atoms with E-state index < -0.39 is 0 Å². The Morgan fingerprint density at radius 2 is 1.74 bits per heavy atom. The molecule has 0 bridgehead atoms. The number of rotatable bonds is 3. The Morgan fingerprint density at radius 1 is 1.05 bits per heavy atom. The lowest BCUT2D eigenvalue weighted by Crippen LogP contribution is -2.04. The fourth-order valence-electron chi connectivity index (χ4n) is 1.95. The second kappa shape index (κ2) is 5.91. The van der Waals surface area contributed by atoms with Gasteiger partial charge < -0.3 is 5.32 Å². The van der Waals surface area contributed by atoms with Gasteiger partial charge in [-0.2, -0.15) is 0 Å². The Kier molecular flexibility index (Phi) is 4.46. The third-order valence-electron chi connectivity index (χ3n) is 2.95. The minimum absolute atomic E-state index is 0.309. The Balaban J connectivity index is 2.50. The molecule has 19 heavy (non-hydrogen) atoms. The van der Waals surface area contributed by atoms with Crippen LogP contribution in [0.5, 0.6) is 0 Å². The van der Waals surface area contributed by atoms with Crippen molar-refractivity contribution in [2.75, 3.05) is 7.05 Å². The average Bonchev–Trinajstić information content (AvgIpc) is 2.35. The van der Waals surface area contributed by atoms with Gasteiger partial charge in [-0.1, -0.05) is 35.3 Å². The summed E-state index contributed by atoms with van der Waals surface area (Å²) in [5.41, 5.74) is 3.21. The molecular formula is C15H14Cl2FN. The summed E-state index contributed by atoms with van der Waals surface area (Å²) in [5, 5.41) is 4.04. The van der Waals surface area contributed by atoms with Crippen LogP contribution in [0.4, 0.5) is 4.39 Å². The van der Waals surface area contributed by atoms with Crippen LogP contribution in [-0.4, -0.2) is 7.05 Å². The molecule has 0 radical (unpaired) electrons. The zero-order valence-electron chi connectivity index (χ0n) is 10.7. The number of nitrogens with one attached hydrogen (secondary N) is 1. The van der Waals surface area contributed by atoms with E-state index in [-0.39, 0.29) is 5.82 Å². The van der Waals surface area contributed by atoms with E-state index in [1.807, 2.05) is 25.2 Å². The Hall–Kier alpha value is -1.09. The summed E-state index contributed by atoms with van der Waals surface area (Å²) in [4.78, 5) is 0. The van der Waals surface area contributed by atoms with Crippen molar-refractivity contribution in [1.29, 1.82) is 0 Å². The van der Waals surface area contributed by atoms with Crippen LogP contribution in [0.1, 0.15) is 11.1 Å². The molecule has 2 aromatic rings. The van der Waals surface area contributed by atoms with Crippen molar-refractivity contribution in [1.82, 2.24) is 5.32 Å². The summed E-state index contributed by atoms with van der Waals surface area (Å²) < 4.78 is 13.4. The highest BCUT2D eigenvalue weighted by molar-refractivity contribution is 6.36. The van der Waals surface area contributed by atoms with Gasteiger partial charge in [-0.3, -0.25) is 0 Å². The highest BCUT2D eigenvalue weighted by Crippen LogP contribution is 2.35. The van der Waals surface area contributed by atoms with Crippen LogP contribution in [0.2, 0.25) is 10.0 Å². The quantitative estimate of drug-likeness (QED) is 0.856. The molecule has 1 N–H and O–H groups in total. The lowest BCUT2D eigenvalue weighted by molar-refractivity contribution is 0.619. The van der Waals surface area contributed by atoms with E-state index in [2.05, 4.69) is 5.32 Å². The molecule has 0 aliphatic rings. The van der Waals surface area contributed by atoms with E-state index in [9.17, 15) is 4.39 Å². The van der Waals surface area contributed by atoms with Crippen molar-refractivity contribution >= 4 is 23.2 Å². The van der Waals surface area contributed by atoms with E-state index in [0.717, 1.165) is 23.2 Å². The first-order chi connectivity index (χ1) is 9.02. The summed E-state index contributed by atoms with van der Waals surface area (Å²) in [6.07, 6.45) is 0. The second-order valence-electron chi connectivity index (χ2n) is 4.43. The molecular weight excluding hydrogens is 284 g/mol. The first-order valence-corrected chi connectivity index (χ1v) is 6.67. The lowest BCUT2D eigenvalue weighted by atomic mass is 10.0. The first kappa shape index (κ1) is 14.3. The molecule has 0 unspecified atom stereocenters. The van der Waals surface area contributed by atoms with Gasteiger partial charge in [-0.05, 0) is 43.3 Å². The van der Waals surface area contributed by atoms with E-state index in [4.69, 9.17) is 23.2 Å². The first-order valence-electron chi connectivity index (χ1n) is 5.92. The van der Waals surface area contributed by atoms with E-state index in [1.54, 1.807) is 13.0 Å². The molecule has 0 atom stereocenters. The summed E-state index contributed by atoms with van der Waals surface area (Å²) in [6.45, 7) is 2.45. The Bertz CT molecular complexity index is 611. The van der Waals surface area contributed by atoms with Gasteiger partial charge in [0.15, 0.2) is 0 Å². The molecule has 2 aromatic carbocycles. The molecule has 2 rings (SSSR count). The van der Waals surface area contributed by atoms with Crippen LogP contribution in [0.3, 0.4) is 0 Å². The highest BCUT2D eigenvalue weighted by Gasteiger charge is 2.11. The van der Waals surface area contributed by atoms with Crippen molar-refractivity contribution in [3.05, 3.63) is 57.3 Å². The molecule has 100 valence electrons. The molecule has 0 aliphatic heterocycles. The lowest BCUT2D eigenvalue weighted by Gasteiger charge is -2.10. The third kappa shape index (κ3) is 3.08.